The lowest BCUT2D eigenvalue weighted by Crippen LogP contribution is -2.42. The highest BCUT2D eigenvalue weighted by molar-refractivity contribution is 5.49. The highest BCUT2D eigenvalue weighted by Crippen LogP contribution is 2.26. The Labute approximate surface area is 125 Å². The number of halogens is 2. The largest absolute Gasteiger partial charge is 0.368 e. The number of hydrogen-bond acceptors (Lipinski definition) is 4. The zero-order valence-electron chi connectivity index (χ0n) is 13.0. The average Bonchev–Trinajstić information content (AvgIpc) is 2.46. The first-order valence-electron chi connectivity index (χ1n) is 7.54. The Morgan fingerprint density at radius 1 is 1.33 bits per heavy atom. The van der Waals surface area contributed by atoms with Gasteiger partial charge in [0, 0.05) is 25.7 Å². The van der Waals surface area contributed by atoms with E-state index in [-0.39, 0.29) is 17.7 Å². The fraction of sp³-hybridized carbons (Fsp3) is 0.667. The summed E-state index contributed by atoms with van der Waals surface area (Å²) in [6, 6.07) is 1.17. The van der Waals surface area contributed by atoms with E-state index in [1.165, 1.54) is 0 Å². The van der Waals surface area contributed by atoms with Crippen molar-refractivity contribution in [3.8, 4) is 0 Å². The fourth-order valence-corrected chi connectivity index (χ4v) is 2.63. The maximum Gasteiger partial charge on any atom is 0.168 e. The van der Waals surface area contributed by atoms with E-state index in [4.69, 9.17) is 0 Å². The van der Waals surface area contributed by atoms with Crippen LogP contribution in [-0.2, 0) is 0 Å². The quantitative estimate of drug-likeness (QED) is 0.905. The molecule has 21 heavy (non-hydrogen) atoms. The molecule has 0 atom stereocenters. The van der Waals surface area contributed by atoms with Crippen molar-refractivity contribution < 1.29 is 8.78 Å². The lowest BCUT2D eigenvalue weighted by atomic mass is 10.0. The van der Waals surface area contributed by atoms with E-state index >= 15 is 0 Å². The first-order valence-corrected chi connectivity index (χ1v) is 7.54. The molecule has 1 fully saturated rings. The summed E-state index contributed by atoms with van der Waals surface area (Å²) in [4.78, 5) is 8.26. The van der Waals surface area contributed by atoms with Gasteiger partial charge in [0.1, 0.15) is 0 Å². The molecule has 1 saturated heterocycles. The first-order chi connectivity index (χ1) is 10.0. The topological polar surface area (TPSA) is 31.4 Å². The van der Waals surface area contributed by atoms with Gasteiger partial charge in [0.2, 0.25) is 0 Å². The molecule has 1 aliphatic heterocycles. The molecule has 4 nitrogen and oxygen atoms in total. The molecule has 1 aromatic rings. The minimum absolute atomic E-state index is 0.132. The third kappa shape index (κ3) is 3.81. The minimum Gasteiger partial charge on any atom is -0.368 e. The molecule has 0 radical (unpaired) electrons. The Kier molecular flexibility index (Phi) is 5.33. The number of anilines is 2. The van der Waals surface area contributed by atoms with Crippen molar-refractivity contribution in [1.82, 2.24) is 9.88 Å². The third-order valence-corrected chi connectivity index (χ3v) is 4.02. The predicted octanol–water partition coefficient (Wildman–Crippen LogP) is 2.71. The molecule has 0 amide bonds. The van der Waals surface area contributed by atoms with Crippen LogP contribution in [0, 0.1) is 11.6 Å². The Balaban J connectivity index is 2.17. The standard InChI is InChI=1S/C15H24F2N4/c1-4-7-18-14-12(16)10-13(17)15(19-14)21(3)11-5-8-20(2)9-6-11/h10-11H,4-9H2,1-3H3,(H,18,19). The summed E-state index contributed by atoms with van der Waals surface area (Å²) < 4.78 is 27.8. The van der Waals surface area contributed by atoms with E-state index in [0.29, 0.717) is 6.54 Å². The summed E-state index contributed by atoms with van der Waals surface area (Å²) in [6.45, 7) is 4.57. The van der Waals surface area contributed by atoms with Gasteiger partial charge in [-0.05, 0) is 39.4 Å². The van der Waals surface area contributed by atoms with Crippen LogP contribution in [0.3, 0.4) is 0 Å². The summed E-state index contributed by atoms with van der Waals surface area (Å²) in [5.41, 5.74) is 0. The van der Waals surface area contributed by atoms with Crippen molar-refractivity contribution in [2.24, 2.45) is 0 Å². The summed E-state index contributed by atoms with van der Waals surface area (Å²) in [5.74, 6) is -0.880. The minimum atomic E-state index is -0.638. The van der Waals surface area contributed by atoms with Crippen molar-refractivity contribution in [2.75, 3.05) is 43.9 Å². The lowest BCUT2D eigenvalue weighted by Gasteiger charge is -2.35. The summed E-state index contributed by atoms with van der Waals surface area (Å²) >= 11 is 0. The summed E-state index contributed by atoms with van der Waals surface area (Å²) in [7, 11) is 3.92. The number of aromatic nitrogens is 1. The zero-order chi connectivity index (χ0) is 15.4. The fourth-order valence-electron chi connectivity index (χ4n) is 2.63. The van der Waals surface area contributed by atoms with Gasteiger partial charge in [0.05, 0.1) is 0 Å². The smallest absolute Gasteiger partial charge is 0.168 e. The number of rotatable bonds is 5. The molecule has 0 spiro atoms. The number of nitrogens with zero attached hydrogens (tertiary/aromatic N) is 3. The van der Waals surface area contributed by atoms with Crippen LogP contribution in [0.5, 0.6) is 0 Å². The first kappa shape index (κ1) is 15.9. The predicted molar refractivity (Wildman–Crippen MR) is 81.9 cm³/mol. The van der Waals surface area contributed by atoms with E-state index in [1.807, 2.05) is 18.9 Å². The lowest BCUT2D eigenvalue weighted by molar-refractivity contribution is 0.252. The van der Waals surface area contributed by atoms with Crippen molar-refractivity contribution in [2.45, 2.75) is 32.2 Å². The molecule has 1 aromatic heterocycles. The van der Waals surface area contributed by atoms with Gasteiger partial charge in [-0.2, -0.15) is 0 Å². The maximum absolute atomic E-state index is 14.1. The Morgan fingerprint density at radius 2 is 2.00 bits per heavy atom. The van der Waals surface area contributed by atoms with Crippen LogP contribution in [0.15, 0.2) is 6.07 Å². The highest BCUT2D eigenvalue weighted by Gasteiger charge is 2.24. The molecule has 2 rings (SSSR count). The second-order valence-corrected chi connectivity index (χ2v) is 5.70. The molecule has 0 unspecified atom stereocenters. The second kappa shape index (κ2) is 7.02. The van der Waals surface area contributed by atoms with Gasteiger partial charge < -0.3 is 15.1 Å². The summed E-state index contributed by atoms with van der Waals surface area (Å²) in [5, 5.41) is 2.91. The van der Waals surface area contributed by atoms with Crippen LogP contribution >= 0.6 is 0 Å². The van der Waals surface area contributed by atoms with Gasteiger partial charge in [-0.25, -0.2) is 13.8 Å². The number of piperidine rings is 1. The van der Waals surface area contributed by atoms with Crippen molar-refractivity contribution >= 4 is 11.6 Å². The molecule has 118 valence electrons. The molecular formula is C15H24F2N4. The van der Waals surface area contributed by atoms with E-state index in [9.17, 15) is 8.78 Å². The van der Waals surface area contributed by atoms with E-state index < -0.39 is 11.6 Å². The number of nitrogens with one attached hydrogen (secondary N) is 1. The van der Waals surface area contributed by atoms with Crippen LogP contribution in [0.2, 0.25) is 0 Å². The highest BCUT2D eigenvalue weighted by atomic mass is 19.1. The molecule has 2 heterocycles. The molecular weight excluding hydrogens is 274 g/mol. The Bertz CT molecular complexity index is 473. The molecule has 0 bridgehead atoms. The van der Waals surface area contributed by atoms with Crippen molar-refractivity contribution in [1.29, 1.82) is 0 Å². The third-order valence-electron chi connectivity index (χ3n) is 4.02. The van der Waals surface area contributed by atoms with Gasteiger partial charge >= 0.3 is 0 Å². The number of pyridine rings is 1. The van der Waals surface area contributed by atoms with Crippen LogP contribution in [0.25, 0.3) is 0 Å². The van der Waals surface area contributed by atoms with Crippen LogP contribution in [-0.4, -0.2) is 49.7 Å². The number of likely N-dealkylation sites (tertiary alicyclic amines) is 1. The molecule has 1 aliphatic rings. The van der Waals surface area contributed by atoms with Crippen molar-refractivity contribution in [3.05, 3.63) is 17.7 Å². The molecule has 0 aromatic carbocycles. The Morgan fingerprint density at radius 3 is 2.62 bits per heavy atom. The molecule has 0 aliphatic carbocycles. The molecule has 6 heteroatoms. The van der Waals surface area contributed by atoms with Gasteiger partial charge in [0.15, 0.2) is 23.3 Å². The van der Waals surface area contributed by atoms with Gasteiger partial charge in [0.25, 0.3) is 0 Å². The van der Waals surface area contributed by atoms with Crippen LogP contribution in [0.1, 0.15) is 26.2 Å². The van der Waals surface area contributed by atoms with Gasteiger partial charge in [-0.1, -0.05) is 6.92 Å². The monoisotopic (exact) mass is 298 g/mol. The average molecular weight is 298 g/mol. The second-order valence-electron chi connectivity index (χ2n) is 5.70. The Hall–Kier alpha value is -1.43. The zero-order valence-corrected chi connectivity index (χ0v) is 13.0. The number of hydrogen-bond donors (Lipinski definition) is 1. The molecule has 1 N–H and O–H groups in total. The summed E-state index contributed by atoms with van der Waals surface area (Å²) in [6.07, 6.45) is 2.78. The van der Waals surface area contributed by atoms with E-state index in [0.717, 1.165) is 38.4 Å². The molecule has 0 saturated carbocycles. The van der Waals surface area contributed by atoms with Gasteiger partial charge in [-0.3, -0.25) is 0 Å². The van der Waals surface area contributed by atoms with Gasteiger partial charge in [-0.15, -0.1) is 0 Å². The van der Waals surface area contributed by atoms with E-state index in [2.05, 4.69) is 22.2 Å². The van der Waals surface area contributed by atoms with Crippen LogP contribution in [0.4, 0.5) is 20.4 Å². The maximum atomic E-state index is 14.1. The normalized spacial score (nSPS) is 17.0. The van der Waals surface area contributed by atoms with Crippen LogP contribution < -0.4 is 10.2 Å². The SMILES string of the molecule is CCCNc1nc(N(C)C2CCN(C)CC2)c(F)cc1F. The van der Waals surface area contributed by atoms with E-state index in [1.54, 1.807) is 0 Å². The van der Waals surface area contributed by atoms with Crippen molar-refractivity contribution in [3.63, 3.8) is 0 Å².